The van der Waals surface area contributed by atoms with Gasteiger partial charge in [-0.1, -0.05) is 41.4 Å². The van der Waals surface area contributed by atoms with Gasteiger partial charge in [-0.25, -0.2) is 4.39 Å². The third-order valence-corrected chi connectivity index (χ3v) is 6.30. The highest BCUT2D eigenvalue weighted by Gasteiger charge is 2.35. The van der Waals surface area contributed by atoms with E-state index in [1.54, 1.807) is 48.5 Å². The van der Waals surface area contributed by atoms with Crippen molar-refractivity contribution >= 4 is 63.8 Å². The van der Waals surface area contributed by atoms with Gasteiger partial charge in [0, 0.05) is 26.9 Å². The van der Waals surface area contributed by atoms with E-state index in [1.807, 2.05) is 0 Å². The standard InChI is InChI=1S/C25H17Cl2FN2O4S/c26-17-5-8-19(9-6-17)29-23(31)14-34-21-10-7-18(27)11-16(21)12-22-24(32)30(25(33)35-22)13-15-3-1-2-4-20(15)28/h1-12H,13-14H2,(H,29,31)/b22-12-. The quantitative estimate of drug-likeness (QED) is 0.358. The van der Waals surface area contributed by atoms with E-state index in [9.17, 15) is 18.8 Å². The summed E-state index contributed by atoms with van der Waals surface area (Å²) in [5, 5.41) is 3.09. The Kier molecular flexibility index (Phi) is 7.75. The van der Waals surface area contributed by atoms with Gasteiger partial charge in [-0.05, 0) is 66.4 Å². The number of nitrogens with one attached hydrogen (secondary N) is 1. The Labute approximate surface area is 214 Å². The van der Waals surface area contributed by atoms with Gasteiger partial charge in [0.15, 0.2) is 6.61 Å². The smallest absolute Gasteiger partial charge is 0.293 e. The molecule has 1 saturated heterocycles. The summed E-state index contributed by atoms with van der Waals surface area (Å²) < 4.78 is 19.7. The molecule has 35 heavy (non-hydrogen) atoms. The first-order valence-corrected chi connectivity index (χ1v) is 11.8. The van der Waals surface area contributed by atoms with Crippen molar-refractivity contribution in [3.63, 3.8) is 0 Å². The van der Waals surface area contributed by atoms with Crippen LogP contribution in [0.4, 0.5) is 14.9 Å². The molecule has 0 aliphatic carbocycles. The van der Waals surface area contributed by atoms with Crippen molar-refractivity contribution in [1.29, 1.82) is 0 Å². The molecule has 3 amide bonds. The van der Waals surface area contributed by atoms with Crippen LogP contribution in [0.2, 0.25) is 10.0 Å². The van der Waals surface area contributed by atoms with Gasteiger partial charge < -0.3 is 10.1 Å². The highest BCUT2D eigenvalue weighted by Crippen LogP contribution is 2.35. The third kappa shape index (κ3) is 6.22. The average molecular weight is 531 g/mol. The lowest BCUT2D eigenvalue weighted by Crippen LogP contribution is -2.27. The average Bonchev–Trinajstić information content (AvgIpc) is 3.09. The molecule has 1 N–H and O–H groups in total. The third-order valence-electron chi connectivity index (χ3n) is 4.91. The molecule has 3 aromatic carbocycles. The van der Waals surface area contributed by atoms with Crippen molar-refractivity contribution in [2.45, 2.75) is 6.54 Å². The first-order valence-electron chi connectivity index (χ1n) is 10.3. The number of amides is 3. The molecule has 0 saturated carbocycles. The Bertz CT molecular complexity index is 1330. The van der Waals surface area contributed by atoms with E-state index in [4.69, 9.17) is 27.9 Å². The molecule has 0 aromatic heterocycles. The number of nitrogens with zero attached hydrogens (tertiary/aromatic N) is 1. The summed E-state index contributed by atoms with van der Waals surface area (Å²) in [7, 11) is 0. The highest BCUT2D eigenvalue weighted by atomic mass is 35.5. The van der Waals surface area contributed by atoms with Crippen LogP contribution in [-0.4, -0.2) is 28.6 Å². The van der Waals surface area contributed by atoms with Gasteiger partial charge in [0.2, 0.25) is 0 Å². The molecule has 1 fully saturated rings. The molecule has 178 valence electrons. The van der Waals surface area contributed by atoms with E-state index in [1.165, 1.54) is 24.3 Å². The highest BCUT2D eigenvalue weighted by molar-refractivity contribution is 8.18. The van der Waals surface area contributed by atoms with Crippen LogP contribution in [0.3, 0.4) is 0 Å². The number of halogens is 3. The van der Waals surface area contributed by atoms with E-state index in [0.29, 0.717) is 27.0 Å². The van der Waals surface area contributed by atoms with Gasteiger partial charge in [0.1, 0.15) is 11.6 Å². The van der Waals surface area contributed by atoms with Gasteiger partial charge in [-0.15, -0.1) is 0 Å². The minimum absolute atomic E-state index is 0.129. The van der Waals surface area contributed by atoms with Crippen molar-refractivity contribution in [2.24, 2.45) is 0 Å². The largest absolute Gasteiger partial charge is 0.483 e. The van der Waals surface area contributed by atoms with Crippen LogP contribution in [0.25, 0.3) is 6.08 Å². The second kappa shape index (κ2) is 10.9. The fourth-order valence-electron chi connectivity index (χ4n) is 3.21. The Balaban J connectivity index is 1.48. The Morgan fingerprint density at radius 2 is 1.74 bits per heavy atom. The van der Waals surface area contributed by atoms with Crippen LogP contribution < -0.4 is 10.1 Å². The van der Waals surface area contributed by atoms with Crippen molar-refractivity contribution < 1.29 is 23.5 Å². The van der Waals surface area contributed by atoms with Crippen LogP contribution in [-0.2, 0) is 16.1 Å². The number of carbonyl (C=O) groups is 3. The normalized spacial score (nSPS) is 14.5. The molecule has 1 aliphatic rings. The number of rotatable bonds is 7. The van der Waals surface area contributed by atoms with Gasteiger partial charge in [-0.2, -0.15) is 0 Å². The molecule has 10 heteroatoms. The zero-order valence-corrected chi connectivity index (χ0v) is 20.3. The lowest BCUT2D eigenvalue weighted by molar-refractivity contribution is -0.123. The van der Waals surface area contributed by atoms with Crippen LogP contribution >= 0.6 is 35.0 Å². The molecule has 0 unspecified atom stereocenters. The minimum Gasteiger partial charge on any atom is -0.483 e. The van der Waals surface area contributed by atoms with E-state index in [0.717, 1.165) is 16.7 Å². The molecule has 0 radical (unpaired) electrons. The summed E-state index contributed by atoms with van der Waals surface area (Å²) in [6.07, 6.45) is 1.46. The predicted molar refractivity (Wildman–Crippen MR) is 135 cm³/mol. The molecule has 1 aliphatic heterocycles. The fourth-order valence-corrected chi connectivity index (χ4v) is 4.35. The molecule has 4 rings (SSSR count). The molecule has 6 nitrogen and oxygen atoms in total. The first kappa shape index (κ1) is 24.8. The zero-order chi connectivity index (χ0) is 24.9. The molecule has 0 spiro atoms. The summed E-state index contributed by atoms with van der Waals surface area (Å²) in [6, 6.07) is 17.2. The van der Waals surface area contributed by atoms with Crippen LogP contribution in [0, 0.1) is 5.82 Å². The number of imide groups is 1. The van der Waals surface area contributed by atoms with Gasteiger partial charge >= 0.3 is 0 Å². The fraction of sp³-hybridized carbons (Fsp3) is 0.0800. The van der Waals surface area contributed by atoms with E-state index >= 15 is 0 Å². The molecule has 3 aromatic rings. The van der Waals surface area contributed by atoms with Gasteiger partial charge in [0.25, 0.3) is 17.1 Å². The zero-order valence-electron chi connectivity index (χ0n) is 18.0. The Morgan fingerprint density at radius 1 is 1.03 bits per heavy atom. The summed E-state index contributed by atoms with van der Waals surface area (Å²) in [5.74, 6) is -1.17. The van der Waals surface area contributed by atoms with Crippen molar-refractivity contribution in [3.8, 4) is 5.75 Å². The van der Waals surface area contributed by atoms with E-state index in [2.05, 4.69) is 5.32 Å². The number of thioether (sulfide) groups is 1. The van der Waals surface area contributed by atoms with Crippen molar-refractivity contribution in [3.05, 3.63) is 98.6 Å². The lowest BCUT2D eigenvalue weighted by atomic mass is 10.1. The number of anilines is 1. The molecule has 0 atom stereocenters. The summed E-state index contributed by atoms with van der Waals surface area (Å²) in [5.41, 5.74) is 1.20. The van der Waals surface area contributed by atoms with Crippen LogP contribution in [0.1, 0.15) is 11.1 Å². The van der Waals surface area contributed by atoms with Gasteiger partial charge in [0.05, 0.1) is 11.4 Å². The maximum absolute atomic E-state index is 14.0. The van der Waals surface area contributed by atoms with Gasteiger partial charge in [-0.3, -0.25) is 19.3 Å². The minimum atomic E-state index is -0.560. The lowest BCUT2D eigenvalue weighted by Gasteiger charge is -2.13. The second-order valence-electron chi connectivity index (χ2n) is 7.39. The molecule has 1 heterocycles. The number of hydrogen-bond acceptors (Lipinski definition) is 5. The van der Waals surface area contributed by atoms with Crippen LogP contribution in [0.15, 0.2) is 71.6 Å². The second-order valence-corrected chi connectivity index (χ2v) is 9.25. The molecular weight excluding hydrogens is 514 g/mol. The summed E-state index contributed by atoms with van der Waals surface area (Å²) in [6.45, 7) is -0.488. The molecular formula is C25H17Cl2FN2O4S. The Hall–Kier alpha value is -3.33. The van der Waals surface area contributed by atoms with Crippen molar-refractivity contribution in [1.82, 2.24) is 4.90 Å². The first-order chi connectivity index (χ1) is 16.8. The topological polar surface area (TPSA) is 75.7 Å². The number of benzene rings is 3. The SMILES string of the molecule is O=C(COc1ccc(Cl)cc1/C=C1\SC(=O)N(Cc2ccccc2F)C1=O)Nc1ccc(Cl)cc1. The van der Waals surface area contributed by atoms with Crippen molar-refractivity contribution in [2.75, 3.05) is 11.9 Å². The predicted octanol–water partition coefficient (Wildman–Crippen LogP) is 6.39. The number of hydrogen-bond donors (Lipinski definition) is 1. The molecule has 0 bridgehead atoms. The van der Waals surface area contributed by atoms with E-state index in [-0.39, 0.29) is 23.6 Å². The summed E-state index contributed by atoms with van der Waals surface area (Å²) >= 11 is 12.7. The van der Waals surface area contributed by atoms with Crippen LogP contribution in [0.5, 0.6) is 5.75 Å². The maximum Gasteiger partial charge on any atom is 0.293 e. The van der Waals surface area contributed by atoms with E-state index < -0.39 is 22.9 Å². The number of ether oxygens (including phenoxy) is 1. The Morgan fingerprint density at radius 3 is 2.49 bits per heavy atom. The summed E-state index contributed by atoms with van der Waals surface area (Å²) in [4.78, 5) is 38.7. The number of carbonyl (C=O) groups excluding carboxylic acids is 3. The maximum atomic E-state index is 14.0. The monoisotopic (exact) mass is 530 g/mol.